The maximum Gasteiger partial charge on any atom is 0.360 e. The van der Waals surface area contributed by atoms with Crippen molar-refractivity contribution in [2.45, 2.75) is 19.3 Å². The molecule has 2 aromatic rings. The maximum absolute atomic E-state index is 5.80. The van der Waals surface area contributed by atoms with Crippen molar-refractivity contribution in [3.8, 4) is 0 Å². The minimum atomic E-state index is 1.02. The quantitative estimate of drug-likeness (QED) is 0.554. The highest BCUT2D eigenvalue weighted by Crippen LogP contribution is 2.26. The number of para-hydroxylation sites is 1. The number of hydrogen-bond acceptors (Lipinski definition) is 0. The molecule has 0 bridgehead atoms. The van der Waals surface area contributed by atoms with Gasteiger partial charge in [-0.05, 0) is 25.0 Å². The van der Waals surface area contributed by atoms with Gasteiger partial charge in [-0.25, -0.2) is 4.42 Å². The third kappa shape index (κ3) is 1.04. The van der Waals surface area contributed by atoms with Gasteiger partial charge in [0.05, 0.1) is 17.4 Å². The van der Waals surface area contributed by atoms with E-state index in [1.54, 1.807) is 0 Å². The van der Waals surface area contributed by atoms with Gasteiger partial charge >= 0.3 is 11.3 Å². The summed E-state index contributed by atoms with van der Waals surface area (Å²) in [6.45, 7) is 0. The zero-order chi connectivity index (χ0) is 8.67. The number of rotatable bonds is 0. The second-order valence-corrected chi connectivity index (χ2v) is 3.59. The van der Waals surface area contributed by atoms with Gasteiger partial charge in [-0.15, -0.1) is 0 Å². The Morgan fingerprint density at radius 2 is 2.00 bits per heavy atom. The van der Waals surface area contributed by atoms with E-state index in [1.807, 2.05) is 12.1 Å². The normalized spacial score (nSPS) is 14.8. The van der Waals surface area contributed by atoms with Crippen molar-refractivity contribution in [3.05, 3.63) is 41.7 Å². The van der Waals surface area contributed by atoms with Crippen LogP contribution in [0.25, 0.3) is 11.0 Å². The van der Waals surface area contributed by atoms with Crippen molar-refractivity contribution in [1.29, 1.82) is 0 Å². The highest BCUT2D eigenvalue weighted by atomic mass is 16.3. The lowest BCUT2D eigenvalue weighted by molar-refractivity contribution is 0.546. The molecule has 1 aromatic carbocycles. The van der Waals surface area contributed by atoms with Crippen LogP contribution in [0.2, 0.25) is 0 Å². The van der Waals surface area contributed by atoms with E-state index in [0.717, 1.165) is 12.0 Å². The molecule has 1 heterocycles. The van der Waals surface area contributed by atoms with E-state index < -0.39 is 0 Å². The van der Waals surface area contributed by atoms with Gasteiger partial charge in [0.2, 0.25) is 0 Å². The summed E-state index contributed by atoms with van der Waals surface area (Å²) in [5.74, 6) is 1.19. The zero-order valence-electron chi connectivity index (χ0n) is 7.42. The molecule has 0 radical (unpaired) electrons. The van der Waals surface area contributed by atoms with Crippen LogP contribution in [0.5, 0.6) is 0 Å². The van der Waals surface area contributed by atoms with Gasteiger partial charge in [-0.2, -0.15) is 0 Å². The molecule has 0 atom stereocenters. The predicted octanol–water partition coefficient (Wildman–Crippen LogP) is 3.20. The first-order chi connectivity index (χ1) is 6.43. The second kappa shape index (κ2) is 2.56. The van der Waals surface area contributed by atoms with E-state index in [9.17, 15) is 0 Å². The van der Waals surface area contributed by atoms with Crippen LogP contribution in [0, 0.1) is 0 Å². The highest BCUT2D eigenvalue weighted by molar-refractivity contribution is 5.77. The van der Waals surface area contributed by atoms with Gasteiger partial charge in [0, 0.05) is 6.07 Å². The van der Waals surface area contributed by atoms with Crippen molar-refractivity contribution in [2.75, 3.05) is 0 Å². The van der Waals surface area contributed by atoms with Crippen LogP contribution >= 0.6 is 0 Å². The van der Waals surface area contributed by atoms with E-state index in [4.69, 9.17) is 4.42 Å². The Balaban J connectivity index is 2.36. The Bertz CT molecular complexity index is 417. The van der Waals surface area contributed by atoms with Gasteiger partial charge in [-0.3, -0.25) is 0 Å². The SMILES string of the molecule is c1ccc2[o+]c3c(cc2c1)CCC3. The van der Waals surface area contributed by atoms with Crippen LogP contribution in [0.15, 0.2) is 34.7 Å². The largest absolute Gasteiger partial charge is 0.360 e. The van der Waals surface area contributed by atoms with Crippen LogP contribution in [0.4, 0.5) is 0 Å². The Hall–Kier alpha value is -1.37. The fraction of sp³-hybridized carbons (Fsp3) is 0.250. The van der Waals surface area contributed by atoms with Crippen molar-refractivity contribution >= 4 is 11.0 Å². The number of benzene rings is 1. The molecule has 0 unspecified atom stereocenters. The van der Waals surface area contributed by atoms with Crippen molar-refractivity contribution in [3.63, 3.8) is 0 Å². The molecule has 0 amide bonds. The fourth-order valence-electron chi connectivity index (χ4n) is 2.02. The Morgan fingerprint density at radius 3 is 3.00 bits per heavy atom. The lowest BCUT2D eigenvalue weighted by atomic mass is 10.1. The third-order valence-electron chi connectivity index (χ3n) is 2.69. The molecule has 0 fully saturated rings. The van der Waals surface area contributed by atoms with Gasteiger partial charge in [-0.1, -0.05) is 12.1 Å². The standard InChI is InChI=1S/C12H11O/c1-2-6-11-9(4-1)8-10-5-3-7-12(10)13-11/h1-2,4,6,8H,3,5,7H2/q+1. The maximum atomic E-state index is 5.80. The topological polar surface area (TPSA) is 11.3 Å². The van der Waals surface area contributed by atoms with Crippen LogP contribution in [-0.4, -0.2) is 0 Å². The lowest BCUT2D eigenvalue weighted by Crippen LogP contribution is -1.82. The van der Waals surface area contributed by atoms with E-state index in [0.29, 0.717) is 0 Å². The molecule has 64 valence electrons. The first-order valence-electron chi connectivity index (χ1n) is 4.77. The lowest BCUT2D eigenvalue weighted by Gasteiger charge is -1.90. The monoisotopic (exact) mass is 171 g/mol. The first kappa shape index (κ1) is 7.07. The van der Waals surface area contributed by atoms with Gasteiger partial charge in [0.25, 0.3) is 0 Å². The molecule has 0 N–H and O–H groups in total. The minimum absolute atomic E-state index is 1.02. The first-order valence-corrected chi connectivity index (χ1v) is 4.77. The van der Waals surface area contributed by atoms with E-state index in [-0.39, 0.29) is 0 Å². The van der Waals surface area contributed by atoms with Crippen molar-refractivity contribution in [1.82, 2.24) is 0 Å². The fourth-order valence-corrected chi connectivity index (χ4v) is 2.02. The molecule has 3 rings (SSSR count). The summed E-state index contributed by atoms with van der Waals surface area (Å²) >= 11 is 0. The van der Waals surface area contributed by atoms with E-state index >= 15 is 0 Å². The molecular formula is C12H11O+. The van der Waals surface area contributed by atoms with E-state index in [1.165, 1.54) is 29.6 Å². The molecule has 1 aliphatic rings. The number of aryl methyl sites for hydroxylation is 2. The molecule has 1 nitrogen and oxygen atoms in total. The van der Waals surface area contributed by atoms with Crippen molar-refractivity contribution in [2.24, 2.45) is 0 Å². The molecule has 0 spiro atoms. The van der Waals surface area contributed by atoms with Gasteiger partial charge < -0.3 is 0 Å². The highest BCUT2D eigenvalue weighted by Gasteiger charge is 2.23. The number of fused-ring (bicyclic) bond motifs is 2. The third-order valence-corrected chi connectivity index (χ3v) is 2.69. The van der Waals surface area contributed by atoms with Crippen LogP contribution in [-0.2, 0) is 12.8 Å². The minimum Gasteiger partial charge on any atom is -0.212 e. The average molecular weight is 171 g/mol. The van der Waals surface area contributed by atoms with Crippen LogP contribution in [0.1, 0.15) is 17.7 Å². The Kier molecular flexibility index (Phi) is 1.39. The Labute approximate surface area is 77.0 Å². The molecular weight excluding hydrogens is 160 g/mol. The Morgan fingerprint density at radius 1 is 1.08 bits per heavy atom. The summed E-state index contributed by atoms with van der Waals surface area (Å²) in [6.07, 6.45) is 3.54. The molecule has 0 aliphatic heterocycles. The van der Waals surface area contributed by atoms with E-state index in [2.05, 4.69) is 18.2 Å². The second-order valence-electron chi connectivity index (χ2n) is 3.59. The summed E-state index contributed by atoms with van der Waals surface area (Å²) in [6, 6.07) is 10.5. The molecule has 0 saturated carbocycles. The number of hydrogen-bond donors (Lipinski definition) is 0. The smallest absolute Gasteiger partial charge is 0.212 e. The summed E-state index contributed by atoms with van der Waals surface area (Å²) in [5.41, 5.74) is 2.42. The molecule has 1 heteroatoms. The summed E-state index contributed by atoms with van der Waals surface area (Å²) < 4.78 is 5.80. The van der Waals surface area contributed by atoms with Crippen molar-refractivity contribution < 1.29 is 4.42 Å². The molecule has 13 heavy (non-hydrogen) atoms. The molecule has 0 saturated heterocycles. The van der Waals surface area contributed by atoms with Gasteiger partial charge in [0.15, 0.2) is 0 Å². The average Bonchev–Trinajstić information content (AvgIpc) is 2.61. The molecule has 1 aliphatic carbocycles. The zero-order valence-corrected chi connectivity index (χ0v) is 7.42. The van der Waals surface area contributed by atoms with Gasteiger partial charge in [0.1, 0.15) is 0 Å². The summed E-state index contributed by atoms with van der Waals surface area (Å²) in [5, 5.41) is 1.23. The summed E-state index contributed by atoms with van der Waals surface area (Å²) in [4.78, 5) is 0. The predicted molar refractivity (Wildman–Crippen MR) is 52.6 cm³/mol. The van der Waals surface area contributed by atoms with Crippen LogP contribution in [0.3, 0.4) is 0 Å². The van der Waals surface area contributed by atoms with Crippen LogP contribution < -0.4 is 0 Å². The molecule has 1 aromatic heterocycles. The summed E-state index contributed by atoms with van der Waals surface area (Å²) in [7, 11) is 0.